The number of hydrogen-bond donors (Lipinski definition) is 1. The van der Waals surface area contributed by atoms with Crippen molar-refractivity contribution in [3.63, 3.8) is 0 Å². The third-order valence-electron chi connectivity index (χ3n) is 4.01. The van der Waals surface area contributed by atoms with Gasteiger partial charge in [0.2, 0.25) is 15.9 Å². The number of carbonyl (C=O) groups is 1. The van der Waals surface area contributed by atoms with Crippen molar-refractivity contribution in [2.45, 2.75) is 31.7 Å². The van der Waals surface area contributed by atoms with E-state index in [1.165, 1.54) is 16.4 Å². The molecule has 2 rings (SSSR count). The monoisotopic (exact) mass is 378 g/mol. The predicted octanol–water partition coefficient (Wildman–Crippen LogP) is 2.72. The molecule has 7 heteroatoms. The lowest BCUT2D eigenvalue weighted by molar-refractivity contribution is -0.120. The minimum atomic E-state index is -3.48. The van der Waals surface area contributed by atoms with Crippen LogP contribution in [0.15, 0.2) is 53.4 Å². The molecule has 0 atom stereocenters. The summed E-state index contributed by atoms with van der Waals surface area (Å²) in [5.74, 6) is -0.601. The molecule has 2 aromatic carbocycles. The van der Waals surface area contributed by atoms with Gasteiger partial charge in [-0.2, -0.15) is 4.31 Å². The third-order valence-corrected chi connectivity index (χ3v) is 6.07. The van der Waals surface area contributed by atoms with Crippen molar-refractivity contribution in [3.8, 4) is 0 Å². The van der Waals surface area contributed by atoms with Gasteiger partial charge in [0.1, 0.15) is 5.82 Å². The fourth-order valence-corrected chi connectivity index (χ4v) is 4.05. The molecule has 2 aromatic rings. The summed E-state index contributed by atoms with van der Waals surface area (Å²) in [6, 6.07) is 12.4. The third kappa shape index (κ3) is 5.12. The maximum Gasteiger partial charge on any atom is 0.243 e. The van der Waals surface area contributed by atoms with Gasteiger partial charge in [-0.3, -0.25) is 4.79 Å². The molecule has 0 aromatic heterocycles. The molecule has 0 saturated heterocycles. The number of carbonyl (C=O) groups excluding carboxylic acids is 1. The first-order valence-corrected chi connectivity index (χ1v) is 9.91. The minimum Gasteiger partial charge on any atom is -0.352 e. The average molecular weight is 378 g/mol. The number of rotatable bonds is 8. The van der Waals surface area contributed by atoms with Crippen LogP contribution in [0.4, 0.5) is 4.39 Å². The zero-order valence-corrected chi connectivity index (χ0v) is 15.7. The van der Waals surface area contributed by atoms with E-state index in [-0.39, 0.29) is 29.6 Å². The maximum absolute atomic E-state index is 13.1. The fourth-order valence-electron chi connectivity index (χ4n) is 2.59. The fraction of sp³-hybridized carbons (Fsp3) is 0.316. The molecule has 0 aliphatic rings. The van der Waals surface area contributed by atoms with E-state index in [4.69, 9.17) is 0 Å². The number of hydrogen-bond acceptors (Lipinski definition) is 3. The smallest absolute Gasteiger partial charge is 0.243 e. The molecule has 5 nitrogen and oxygen atoms in total. The largest absolute Gasteiger partial charge is 0.352 e. The van der Waals surface area contributed by atoms with Crippen LogP contribution < -0.4 is 5.32 Å². The highest BCUT2D eigenvalue weighted by Gasteiger charge is 2.21. The van der Waals surface area contributed by atoms with Crippen LogP contribution in [0.25, 0.3) is 0 Å². The SMILES string of the molecule is CCN(CC)S(=O)(=O)c1ccc(CNC(=O)Cc2cccc(F)c2)cc1. The number of sulfonamides is 1. The quantitative estimate of drug-likeness (QED) is 0.768. The second kappa shape index (κ2) is 8.91. The Bertz CT molecular complexity index is 847. The molecular formula is C19H23FN2O3S. The molecule has 0 unspecified atom stereocenters. The summed E-state index contributed by atoms with van der Waals surface area (Å²) in [6.45, 7) is 4.69. The molecule has 0 fully saturated rings. The lowest BCUT2D eigenvalue weighted by atomic mass is 10.1. The standard InChI is InChI=1S/C19H23FN2O3S/c1-3-22(4-2)26(24,25)18-10-8-15(9-11-18)14-21-19(23)13-16-6-5-7-17(20)12-16/h5-12H,3-4,13-14H2,1-2H3,(H,21,23). The molecule has 0 heterocycles. The highest BCUT2D eigenvalue weighted by atomic mass is 32.2. The van der Waals surface area contributed by atoms with Crippen LogP contribution in [-0.4, -0.2) is 31.7 Å². The van der Waals surface area contributed by atoms with Crippen molar-refractivity contribution in [2.24, 2.45) is 0 Å². The van der Waals surface area contributed by atoms with Crippen LogP contribution in [0.2, 0.25) is 0 Å². The Morgan fingerprint density at radius 1 is 1.04 bits per heavy atom. The van der Waals surface area contributed by atoms with Gasteiger partial charge in [-0.05, 0) is 35.4 Å². The molecule has 0 bridgehead atoms. The molecule has 0 spiro atoms. The molecule has 1 amide bonds. The predicted molar refractivity (Wildman–Crippen MR) is 98.5 cm³/mol. The van der Waals surface area contributed by atoms with Gasteiger partial charge in [-0.25, -0.2) is 12.8 Å². The summed E-state index contributed by atoms with van der Waals surface area (Å²) in [7, 11) is -3.48. The Morgan fingerprint density at radius 2 is 1.69 bits per heavy atom. The summed E-state index contributed by atoms with van der Waals surface area (Å²) in [4.78, 5) is 12.2. The van der Waals surface area contributed by atoms with Gasteiger partial charge in [-0.15, -0.1) is 0 Å². The topological polar surface area (TPSA) is 66.5 Å². The number of nitrogens with one attached hydrogen (secondary N) is 1. The Labute approximate surface area is 153 Å². The van der Waals surface area contributed by atoms with E-state index in [9.17, 15) is 17.6 Å². The summed E-state index contributed by atoms with van der Waals surface area (Å²) in [6.07, 6.45) is 0.0895. The van der Waals surface area contributed by atoms with Crippen molar-refractivity contribution >= 4 is 15.9 Å². The maximum atomic E-state index is 13.1. The van der Waals surface area contributed by atoms with Crippen LogP contribution in [0.1, 0.15) is 25.0 Å². The van der Waals surface area contributed by atoms with Crippen LogP contribution >= 0.6 is 0 Å². The van der Waals surface area contributed by atoms with E-state index in [0.717, 1.165) is 5.56 Å². The van der Waals surface area contributed by atoms with Gasteiger partial charge >= 0.3 is 0 Å². The molecule has 0 aliphatic heterocycles. The summed E-state index contributed by atoms with van der Waals surface area (Å²) in [5.41, 5.74) is 1.39. The van der Waals surface area contributed by atoms with E-state index in [1.807, 2.05) is 0 Å². The highest BCUT2D eigenvalue weighted by Crippen LogP contribution is 2.16. The molecule has 1 N–H and O–H groups in total. The van der Waals surface area contributed by atoms with Crippen LogP contribution in [0, 0.1) is 5.82 Å². The second-order valence-electron chi connectivity index (χ2n) is 5.82. The van der Waals surface area contributed by atoms with Crippen molar-refractivity contribution in [1.82, 2.24) is 9.62 Å². The molecule has 140 valence electrons. The Morgan fingerprint density at radius 3 is 2.27 bits per heavy atom. The van der Waals surface area contributed by atoms with Crippen molar-refractivity contribution in [3.05, 3.63) is 65.5 Å². The van der Waals surface area contributed by atoms with Gasteiger partial charge in [0.25, 0.3) is 0 Å². The van der Waals surface area contributed by atoms with Gasteiger partial charge in [0.05, 0.1) is 11.3 Å². The van der Waals surface area contributed by atoms with Crippen LogP contribution in [0.3, 0.4) is 0 Å². The Kier molecular flexibility index (Phi) is 6.88. The van der Waals surface area contributed by atoms with Gasteiger partial charge < -0.3 is 5.32 Å². The number of halogens is 1. The normalized spacial score (nSPS) is 11.5. The summed E-state index contributed by atoms with van der Waals surface area (Å²) in [5, 5.41) is 2.75. The molecular weight excluding hydrogens is 355 g/mol. The second-order valence-corrected chi connectivity index (χ2v) is 7.75. The first-order chi connectivity index (χ1) is 12.4. The first-order valence-electron chi connectivity index (χ1n) is 8.47. The Hall–Kier alpha value is -2.25. The summed E-state index contributed by atoms with van der Waals surface area (Å²) >= 11 is 0. The van der Waals surface area contributed by atoms with Crippen molar-refractivity contribution < 1.29 is 17.6 Å². The summed E-state index contributed by atoms with van der Waals surface area (Å²) < 4.78 is 39.4. The van der Waals surface area contributed by atoms with Gasteiger partial charge in [-0.1, -0.05) is 38.1 Å². The lowest BCUT2D eigenvalue weighted by Gasteiger charge is -2.18. The van der Waals surface area contributed by atoms with E-state index in [2.05, 4.69) is 5.32 Å². The molecule has 0 saturated carbocycles. The lowest BCUT2D eigenvalue weighted by Crippen LogP contribution is -2.30. The zero-order chi connectivity index (χ0) is 19.2. The van der Waals surface area contributed by atoms with Crippen molar-refractivity contribution in [1.29, 1.82) is 0 Å². The number of amides is 1. The van der Waals surface area contributed by atoms with Crippen molar-refractivity contribution in [2.75, 3.05) is 13.1 Å². The molecule has 0 radical (unpaired) electrons. The van der Waals surface area contributed by atoms with E-state index in [1.54, 1.807) is 50.2 Å². The minimum absolute atomic E-state index is 0.0895. The Balaban J connectivity index is 1.96. The molecule has 26 heavy (non-hydrogen) atoms. The molecule has 0 aliphatic carbocycles. The van der Waals surface area contributed by atoms with E-state index < -0.39 is 10.0 Å². The first kappa shape index (κ1) is 20.1. The van der Waals surface area contributed by atoms with Gasteiger partial charge in [0, 0.05) is 19.6 Å². The van der Waals surface area contributed by atoms with Gasteiger partial charge in [0.15, 0.2) is 0 Å². The van der Waals surface area contributed by atoms with E-state index >= 15 is 0 Å². The number of nitrogens with zero attached hydrogens (tertiary/aromatic N) is 1. The average Bonchev–Trinajstić information content (AvgIpc) is 2.61. The number of benzene rings is 2. The van der Waals surface area contributed by atoms with Crippen LogP contribution in [-0.2, 0) is 27.8 Å². The van der Waals surface area contributed by atoms with Crippen LogP contribution in [0.5, 0.6) is 0 Å². The van der Waals surface area contributed by atoms with E-state index in [0.29, 0.717) is 18.7 Å². The highest BCUT2D eigenvalue weighted by molar-refractivity contribution is 7.89. The zero-order valence-electron chi connectivity index (χ0n) is 14.9.